The molecule has 0 aromatic heterocycles. The molecule has 0 fully saturated rings. The van der Waals surface area contributed by atoms with Crippen LogP contribution in [0.4, 0.5) is 0 Å². The molecule has 0 heterocycles. The minimum Gasteiger partial charge on any atom is -0.286 e. The van der Waals surface area contributed by atoms with E-state index in [0.717, 1.165) is 18.6 Å². The second-order valence-corrected chi connectivity index (χ2v) is 10.4. The lowest BCUT2D eigenvalue weighted by Gasteiger charge is -2.01. The van der Waals surface area contributed by atoms with Gasteiger partial charge in [-0.25, -0.2) is 0 Å². The normalized spacial score (nSPS) is 11.3. The summed E-state index contributed by atoms with van der Waals surface area (Å²) < 4.78 is 29.4. The molecule has 0 amide bonds. The molecule has 0 unspecified atom stereocenters. The van der Waals surface area contributed by atoms with Crippen molar-refractivity contribution in [2.24, 2.45) is 0 Å². The molecule has 0 bridgehead atoms. The predicted octanol–water partition coefficient (Wildman–Crippen LogP) is 8.63. The topological polar surface area (TPSA) is 54.4 Å². The summed E-state index contributed by atoms with van der Waals surface area (Å²) in [6.45, 7) is 4.49. The molecule has 3 nitrogen and oxygen atoms in total. The van der Waals surface area contributed by atoms with E-state index in [1.165, 1.54) is 109 Å². The highest BCUT2D eigenvalue weighted by Gasteiger charge is 2.02. The van der Waals surface area contributed by atoms with Gasteiger partial charge < -0.3 is 0 Å². The summed E-state index contributed by atoms with van der Waals surface area (Å²) in [5.74, 6) is 0.986. The van der Waals surface area contributed by atoms with Crippen molar-refractivity contribution in [3.8, 4) is 0 Å². The number of hydrogen-bond donors (Lipinski definition) is 2. The summed E-state index contributed by atoms with van der Waals surface area (Å²) in [5.41, 5.74) is 0. The van der Waals surface area contributed by atoms with Crippen LogP contribution in [0, 0.1) is 0 Å². The minimum atomic E-state index is -3.73. The zero-order valence-electron chi connectivity index (χ0n) is 19.7. The van der Waals surface area contributed by atoms with Gasteiger partial charge in [0, 0.05) is 0 Å². The number of thiol groups is 1. The average molecular weight is 453 g/mol. The molecular weight excluding hydrogens is 400 g/mol. The Labute approximate surface area is 189 Å². The van der Waals surface area contributed by atoms with Crippen LogP contribution in [0.25, 0.3) is 0 Å². The summed E-state index contributed by atoms with van der Waals surface area (Å²) in [5, 5.41) is 0. The SMILES string of the molecule is CCCCCCCCCCCCS.CCCCCCCCCCCCS(=O)(=O)O. The van der Waals surface area contributed by atoms with Gasteiger partial charge in [0.05, 0.1) is 5.75 Å². The van der Waals surface area contributed by atoms with Gasteiger partial charge in [0.15, 0.2) is 0 Å². The first-order valence-electron chi connectivity index (χ1n) is 12.5. The third-order valence-corrected chi connectivity index (χ3v) is 6.39. The lowest BCUT2D eigenvalue weighted by molar-refractivity contribution is 0.478. The number of rotatable bonds is 21. The fourth-order valence-electron chi connectivity index (χ4n) is 3.37. The van der Waals surface area contributed by atoms with Gasteiger partial charge >= 0.3 is 0 Å². The molecule has 0 aromatic carbocycles. The van der Waals surface area contributed by atoms with Crippen LogP contribution in [-0.2, 0) is 10.1 Å². The zero-order chi connectivity index (χ0) is 22.1. The molecule has 5 heteroatoms. The molecule has 1 N–H and O–H groups in total. The Morgan fingerprint density at radius 1 is 0.517 bits per heavy atom. The van der Waals surface area contributed by atoms with Gasteiger partial charge in [-0.3, -0.25) is 4.55 Å². The Bertz CT molecular complexity index is 374. The lowest BCUT2D eigenvalue weighted by Crippen LogP contribution is -2.03. The van der Waals surface area contributed by atoms with Gasteiger partial charge in [-0.2, -0.15) is 21.0 Å². The highest BCUT2D eigenvalue weighted by molar-refractivity contribution is 7.85. The molecule has 0 atom stereocenters. The molecule has 0 radical (unpaired) electrons. The Morgan fingerprint density at radius 3 is 1.07 bits per heavy atom. The molecule has 29 heavy (non-hydrogen) atoms. The Morgan fingerprint density at radius 2 is 0.793 bits per heavy atom. The van der Waals surface area contributed by atoms with Crippen molar-refractivity contribution in [3.63, 3.8) is 0 Å². The molecule has 0 spiro atoms. The van der Waals surface area contributed by atoms with Crippen LogP contribution in [0.5, 0.6) is 0 Å². The van der Waals surface area contributed by atoms with E-state index in [-0.39, 0.29) is 5.75 Å². The molecule has 0 aromatic rings. The summed E-state index contributed by atoms with van der Waals surface area (Å²) in [7, 11) is -3.73. The van der Waals surface area contributed by atoms with E-state index in [4.69, 9.17) is 4.55 Å². The minimum absolute atomic E-state index is 0.0799. The molecular formula is C24H52O3S2. The zero-order valence-corrected chi connectivity index (χ0v) is 21.4. The van der Waals surface area contributed by atoms with Crippen molar-refractivity contribution in [2.45, 2.75) is 142 Å². The van der Waals surface area contributed by atoms with Crippen LogP contribution in [-0.4, -0.2) is 24.5 Å². The van der Waals surface area contributed by atoms with Crippen molar-refractivity contribution < 1.29 is 13.0 Å². The van der Waals surface area contributed by atoms with Gasteiger partial charge in [-0.15, -0.1) is 0 Å². The molecule has 0 aliphatic heterocycles. The van der Waals surface area contributed by atoms with E-state index < -0.39 is 10.1 Å². The van der Waals surface area contributed by atoms with E-state index in [1.54, 1.807) is 0 Å². The van der Waals surface area contributed by atoms with Gasteiger partial charge in [0.1, 0.15) is 0 Å². The van der Waals surface area contributed by atoms with Crippen molar-refractivity contribution in [1.29, 1.82) is 0 Å². The summed E-state index contributed by atoms with van der Waals surface area (Å²) in [6, 6.07) is 0. The maximum atomic E-state index is 10.4. The fourth-order valence-corrected chi connectivity index (χ4v) is 4.16. The maximum Gasteiger partial charge on any atom is 0.264 e. The van der Waals surface area contributed by atoms with E-state index in [0.29, 0.717) is 6.42 Å². The average Bonchev–Trinajstić information content (AvgIpc) is 2.68. The standard InChI is InChI=1S/C12H26O3S.C12H26S/c1-2-3-4-5-6-7-8-9-10-11-12-16(13,14)15;1-2-3-4-5-6-7-8-9-10-11-12-13/h2-12H2,1H3,(H,13,14,15);13H,2-12H2,1H3. The Balaban J connectivity index is 0. The van der Waals surface area contributed by atoms with Crippen molar-refractivity contribution in [2.75, 3.05) is 11.5 Å². The Kier molecular flexibility index (Phi) is 28.5. The third-order valence-electron chi connectivity index (χ3n) is 5.27. The molecule has 0 aliphatic rings. The third kappa shape index (κ3) is 36.0. The second-order valence-electron chi connectivity index (χ2n) is 8.37. The van der Waals surface area contributed by atoms with Crippen LogP contribution in [0.15, 0.2) is 0 Å². The van der Waals surface area contributed by atoms with Crippen LogP contribution >= 0.6 is 12.6 Å². The first kappa shape index (κ1) is 31.4. The quantitative estimate of drug-likeness (QED) is 0.104. The van der Waals surface area contributed by atoms with E-state index in [1.807, 2.05) is 0 Å². The van der Waals surface area contributed by atoms with Crippen LogP contribution in [0.1, 0.15) is 142 Å². The summed E-state index contributed by atoms with van der Waals surface area (Å²) >= 11 is 4.20. The van der Waals surface area contributed by atoms with Crippen molar-refractivity contribution in [3.05, 3.63) is 0 Å². The fraction of sp³-hybridized carbons (Fsp3) is 1.00. The first-order chi connectivity index (χ1) is 14.0. The van der Waals surface area contributed by atoms with Crippen LogP contribution < -0.4 is 0 Å². The highest BCUT2D eigenvalue weighted by atomic mass is 32.2. The van der Waals surface area contributed by atoms with E-state index in [2.05, 4.69) is 26.5 Å². The molecule has 0 rings (SSSR count). The number of hydrogen-bond acceptors (Lipinski definition) is 3. The monoisotopic (exact) mass is 452 g/mol. The number of unbranched alkanes of at least 4 members (excludes halogenated alkanes) is 18. The summed E-state index contributed by atoms with van der Waals surface area (Å²) in [6.07, 6.45) is 25.8. The molecule has 178 valence electrons. The first-order valence-corrected chi connectivity index (χ1v) is 14.8. The highest BCUT2D eigenvalue weighted by Crippen LogP contribution is 2.11. The molecule has 0 saturated heterocycles. The lowest BCUT2D eigenvalue weighted by atomic mass is 10.1. The molecule has 0 saturated carbocycles. The summed E-state index contributed by atoms with van der Waals surface area (Å²) in [4.78, 5) is 0. The second kappa shape index (κ2) is 26.3. The van der Waals surface area contributed by atoms with E-state index >= 15 is 0 Å². The predicted molar refractivity (Wildman–Crippen MR) is 134 cm³/mol. The van der Waals surface area contributed by atoms with Gasteiger partial charge in [-0.05, 0) is 18.6 Å². The van der Waals surface area contributed by atoms with Gasteiger partial charge in [0.25, 0.3) is 10.1 Å². The van der Waals surface area contributed by atoms with E-state index in [9.17, 15) is 8.42 Å². The largest absolute Gasteiger partial charge is 0.286 e. The smallest absolute Gasteiger partial charge is 0.264 e. The van der Waals surface area contributed by atoms with Crippen LogP contribution in [0.2, 0.25) is 0 Å². The molecule has 0 aliphatic carbocycles. The maximum absolute atomic E-state index is 10.4. The van der Waals surface area contributed by atoms with Gasteiger partial charge in [0.2, 0.25) is 0 Å². The Hall–Kier alpha value is 0.260. The van der Waals surface area contributed by atoms with Crippen molar-refractivity contribution >= 4 is 22.7 Å². The van der Waals surface area contributed by atoms with Crippen molar-refractivity contribution in [1.82, 2.24) is 0 Å². The van der Waals surface area contributed by atoms with Gasteiger partial charge in [-0.1, -0.05) is 129 Å². The van der Waals surface area contributed by atoms with Crippen LogP contribution in [0.3, 0.4) is 0 Å².